The molecular weight excluding hydrogens is 295 g/mol. The zero-order chi connectivity index (χ0) is 16.3. The number of rotatable bonds is 17. The van der Waals surface area contributed by atoms with Crippen LogP contribution in [-0.2, 0) is 4.79 Å². The molecule has 0 amide bonds. The van der Waals surface area contributed by atoms with Gasteiger partial charge in [0.05, 0.1) is 0 Å². The number of hydrogen-bond donors (Lipinski definition) is 0. The largest absolute Gasteiger partial charge is 1.00 e. The Morgan fingerprint density at radius 3 is 1.52 bits per heavy atom. The SMILES string of the molecule is CCCCCCCCCC/C=C\CCCCCCCC(=O)[O-].[Na+]. The first-order chi connectivity index (χ1) is 10.8. The summed E-state index contributed by atoms with van der Waals surface area (Å²) in [5, 5.41) is 10.2. The molecule has 0 aliphatic heterocycles. The Bertz CT molecular complexity index is 264. The molecule has 0 bridgehead atoms. The first-order valence-electron chi connectivity index (χ1n) is 9.62. The van der Waals surface area contributed by atoms with Gasteiger partial charge >= 0.3 is 29.6 Å². The zero-order valence-electron chi connectivity index (χ0n) is 15.8. The Kier molecular flexibility index (Phi) is 24.6. The Morgan fingerprint density at radius 2 is 1.09 bits per heavy atom. The maximum Gasteiger partial charge on any atom is 1.00 e. The average molecular weight is 333 g/mol. The number of carbonyl (C=O) groups excluding carboxylic acids is 1. The quantitative estimate of drug-likeness (QED) is 0.233. The van der Waals surface area contributed by atoms with E-state index in [4.69, 9.17) is 0 Å². The van der Waals surface area contributed by atoms with Gasteiger partial charge in [0.15, 0.2) is 0 Å². The third-order valence-corrected chi connectivity index (χ3v) is 4.14. The van der Waals surface area contributed by atoms with Crippen molar-refractivity contribution in [2.75, 3.05) is 0 Å². The number of allylic oxidation sites excluding steroid dienone is 2. The van der Waals surface area contributed by atoms with Crippen molar-refractivity contribution < 1.29 is 39.5 Å². The van der Waals surface area contributed by atoms with Gasteiger partial charge in [0.25, 0.3) is 0 Å². The predicted molar refractivity (Wildman–Crippen MR) is 93.7 cm³/mol. The molecule has 0 saturated carbocycles. The molecule has 0 aromatic rings. The smallest absolute Gasteiger partial charge is 0.550 e. The van der Waals surface area contributed by atoms with E-state index in [1.807, 2.05) is 0 Å². The van der Waals surface area contributed by atoms with Gasteiger partial charge in [0.2, 0.25) is 0 Å². The van der Waals surface area contributed by atoms with Crippen molar-refractivity contribution in [3.63, 3.8) is 0 Å². The van der Waals surface area contributed by atoms with Crippen molar-refractivity contribution in [3.05, 3.63) is 12.2 Å². The van der Waals surface area contributed by atoms with Crippen LogP contribution in [0.2, 0.25) is 0 Å². The van der Waals surface area contributed by atoms with Crippen LogP contribution in [0.5, 0.6) is 0 Å². The van der Waals surface area contributed by atoms with Crippen LogP contribution in [0.4, 0.5) is 0 Å². The summed E-state index contributed by atoms with van der Waals surface area (Å²) in [6.07, 6.45) is 23.8. The molecule has 0 unspecified atom stereocenters. The Morgan fingerprint density at radius 1 is 0.696 bits per heavy atom. The minimum Gasteiger partial charge on any atom is -0.550 e. The molecule has 0 atom stereocenters. The first kappa shape index (κ1) is 25.5. The fourth-order valence-electron chi connectivity index (χ4n) is 2.69. The van der Waals surface area contributed by atoms with Crippen molar-refractivity contribution in [3.8, 4) is 0 Å². The van der Waals surface area contributed by atoms with E-state index in [9.17, 15) is 9.90 Å². The molecule has 2 nitrogen and oxygen atoms in total. The van der Waals surface area contributed by atoms with Crippen molar-refractivity contribution in [1.82, 2.24) is 0 Å². The summed E-state index contributed by atoms with van der Waals surface area (Å²) in [5.74, 6) is -0.913. The molecule has 0 spiro atoms. The van der Waals surface area contributed by atoms with Crippen LogP contribution in [0, 0.1) is 0 Å². The van der Waals surface area contributed by atoms with E-state index in [2.05, 4.69) is 19.1 Å². The van der Waals surface area contributed by atoms with E-state index in [1.165, 1.54) is 77.0 Å². The third kappa shape index (κ3) is 24.6. The molecule has 0 N–H and O–H groups in total. The topological polar surface area (TPSA) is 40.1 Å². The van der Waals surface area contributed by atoms with Crippen molar-refractivity contribution in [2.24, 2.45) is 0 Å². The molecule has 0 aliphatic rings. The van der Waals surface area contributed by atoms with Gasteiger partial charge < -0.3 is 9.90 Å². The van der Waals surface area contributed by atoms with Crippen molar-refractivity contribution in [1.29, 1.82) is 0 Å². The Balaban J connectivity index is 0. The summed E-state index contributed by atoms with van der Waals surface area (Å²) >= 11 is 0. The van der Waals surface area contributed by atoms with E-state index in [1.54, 1.807) is 0 Å². The molecular formula is C20H37NaO2. The summed E-state index contributed by atoms with van der Waals surface area (Å²) in [6, 6.07) is 0. The molecule has 3 heteroatoms. The molecule has 0 aliphatic carbocycles. The second-order valence-corrected chi connectivity index (χ2v) is 6.41. The fraction of sp³-hybridized carbons (Fsp3) is 0.850. The van der Waals surface area contributed by atoms with Gasteiger partial charge in [-0.2, -0.15) is 0 Å². The average Bonchev–Trinajstić information content (AvgIpc) is 2.50. The van der Waals surface area contributed by atoms with Crippen LogP contribution in [0.25, 0.3) is 0 Å². The minimum atomic E-state index is -0.913. The maximum atomic E-state index is 10.2. The number of hydrogen-bond acceptors (Lipinski definition) is 2. The molecule has 0 fully saturated rings. The monoisotopic (exact) mass is 332 g/mol. The standard InChI is InChI=1S/C20H38O2.Na/c1-2-3-4-5-6-7-8-9-10-11-12-13-14-15-16-17-18-19-20(21)22;/h11-12H,2-10,13-19H2,1H3,(H,21,22);/q;+1/p-1/b12-11-;. The van der Waals surface area contributed by atoms with Crippen molar-refractivity contribution in [2.45, 2.75) is 110 Å². The van der Waals surface area contributed by atoms with Gasteiger partial charge in [0.1, 0.15) is 0 Å². The maximum absolute atomic E-state index is 10.2. The van der Waals surface area contributed by atoms with E-state index >= 15 is 0 Å². The second-order valence-electron chi connectivity index (χ2n) is 6.41. The van der Waals surface area contributed by atoms with Crippen LogP contribution in [0.1, 0.15) is 110 Å². The number of unbranched alkanes of at least 4 members (excludes halogenated alkanes) is 13. The normalized spacial score (nSPS) is 10.8. The number of carbonyl (C=O) groups is 1. The molecule has 0 aromatic carbocycles. The van der Waals surface area contributed by atoms with Gasteiger partial charge in [-0.25, -0.2) is 0 Å². The van der Waals surface area contributed by atoms with Crippen LogP contribution >= 0.6 is 0 Å². The van der Waals surface area contributed by atoms with Gasteiger partial charge in [0, 0.05) is 5.97 Å². The van der Waals surface area contributed by atoms with Gasteiger partial charge in [-0.3, -0.25) is 0 Å². The number of aliphatic carboxylic acids is 1. The molecule has 0 saturated heterocycles. The molecule has 130 valence electrons. The second kappa shape index (κ2) is 22.2. The Hall–Kier alpha value is 0.210. The predicted octanol–water partition coefficient (Wildman–Crippen LogP) is 2.56. The van der Waals surface area contributed by atoms with Crippen molar-refractivity contribution >= 4 is 5.97 Å². The zero-order valence-corrected chi connectivity index (χ0v) is 17.8. The van der Waals surface area contributed by atoms with E-state index in [0.29, 0.717) is 0 Å². The van der Waals surface area contributed by atoms with E-state index in [0.717, 1.165) is 19.3 Å². The summed E-state index contributed by atoms with van der Waals surface area (Å²) in [6.45, 7) is 2.27. The molecule has 0 rings (SSSR count). The Labute approximate surface area is 166 Å². The molecule has 0 aromatic heterocycles. The van der Waals surface area contributed by atoms with Crippen LogP contribution in [-0.4, -0.2) is 5.97 Å². The summed E-state index contributed by atoms with van der Waals surface area (Å²) in [4.78, 5) is 10.2. The third-order valence-electron chi connectivity index (χ3n) is 4.14. The van der Waals surface area contributed by atoms with E-state index in [-0.39, 0.29) is 36.0 Å². The number of carboxylic acids is 1. The first-order valence-corrected chi connectivity index (χ1v) is 9.62. The fourth-order valence-corrected chi connectivity index (χ4v) is 2.69. The van der Waals surface area contributed by atoms with Gasteiger partial charge in [-0.1, -0.05) is 83.3 Å². The van der Waals surface area contributed by atoms with Crippen LogP contribution < -0.4 is 34.7 Å². The minimum absolute atomic E-state index is 0. The van der Waals surface area contributed by atoms with Crippen LogP contribution in [0.3, 0.4) is 0 Å². The molecule has 0 heterocycles. The molecule has 23 heavy (non-hydrogen) atoms. The summed E-state index contributed by atoms with van der Waals surface area (Å²) in [5.41, 5.74) is 0. The summed E-state index contributed by atoms with van der Waals surface area (Å²) < 4.78 is 0. The van der Waals surface area contributed by atoms with E-state index < -0.39 is 5.97 Å². The summed E-state index contributed by atoms with van der Waals surface area (Å²) in [7, 11) is 0. The van der Waals surface area contributed by atoms with Gasteiger partial charge in [-0.05, 0) is 38.5 Å². The number of carboxylic acid groups (broad SMARTS) is 1. The van der Waals surface area contributed by atoms with Crippen LogP contribution in [0.15, 0.2) is 12.2 Å². The molecule has 0 radical (unpaired) electrons. The van der Waals surface area contributed by atoms with Gasteiger partial charge in [-0.15, -0.1) is 0 Å².